The van der Waals surface area contributed by atoms with Crippen molar-refractivity contribution in [1.29, 1.82) is 0 Å². The molecule has 2 aromatic rings. The maximum atomic E-state index is 4.52. The summed E-state index contributed by atoms with van der Waals surface area (Å²) in [7, 11) is 0. The molecule has 0 fully saturated rings. The molecule has 2 N–H and O–H groups in total. The monoisotopic (exact) mass is 209 g/mol. The van der Waals surface area contributed by atoms with Gasteiger partial charge in [0.2, 0.25) is 0 Å². The Morgan fingerprint density at radius 2 is 2.12 bits per heavy atom. The average molecular weight is 209 g/mol. The number of allylic oxidation sites excluding steroid dienone is 2. The highest BCUT2D eigenvalue weighted by atomic mass is 14.9. The zero-order chi connectivity index (χ0) is 10.5. The van der Waals surface area contributed by atoms with Gasteiger partial charge < -0.3 is 0 Å². The molecular weight excluding hydrogens is 196 g/mol. The maximum absolute atomic E-state index is 4.52. The Morgan fingerprint density at radius 1 is 1.12 bits per heavy atom. The Kier molecular flexibility index (Phi) is 1.55. The van der Waals surface area contributed by atoms with Crippen molar-refractivity contribution in [3.05, 3.63) is 41.7 Å². The van der Waals surface area contributed by atoms with E-state index >= 15 is 0 Å². The number of rotatable bonds is 0. The fourth-order valence-corrected chi connectivity index (χ4v) is 2.99. The molecule has 0 amide bonds. The molecule has 0 spiro atoms. The quantitative estimate of drug-likeness (QED) is 0.663. The van der Waals surface area contributed by atoms with E-state index in [9.17, 15) is 0 Å². The number of nitrogens with zero attached hydrogens (tertiary/aromatic N) is 1. The Morgan fingerprint density at radius 3 is 3.12 bits per heavy atom. The fraction of sp³-hybridized carbons (Fsp3) is 0.214. The van der Waals surface area contributed by atoms with E-state index in [0.717, 1.165) is 5.52 Å². The highest BCUT2D eigenvalue weighted by molar-refractivity contribution is 5.95. The minimum absolute atomic E-state index is 1.16. The zero-order valence-electron chi connectivity index (χ0n) is 9.03. The molecule has 1 aromatic heterocycles. The molecule has 78 valence electrons. The molecule has 0 bridgehead atoms. The van der Waals surface area contributed by atoms with Gasteiger partial charge in [0, 0.05) is 29.1 Å². The predicted octanol–water partition coefficient (Wildman–Crippen LogP) is 2.34. The summed E-state index contributed by atoms with van der Waals surface area (Å²) in [5.41, 5.74) is 7.06. The Bertz CT molecular complexity index is 626. The number of aromatic nitrogens is 1. The third-order valence-electron chi connectivity index (χ3n) is 3.72. The van der Waals surface area contributed by atoms with E-state index < -0.39 is 0 Å². The van der Waals surface area contributed by atoms with Gasteiger partial charge in [0.25, 0.3) is 0 Å². The van der Waals surface area contributed by atoms with Crippen molar-refractivity contribution in [2.24, 2.45) is 0 Å². The molecule has 2 aliphatic rings. The summed E-state index contributed by atoms with van der Waals surface area (Å²) in [6, 6.07) is 8.61. The molecular formula is C14H13N2+. The Hall–Kier alpha value is -1.67. The summed E-state index contributed by atoms with van der Waals surface area (Å²) in [5.74, 6) is 0. The average Bonchev–Trinajstić information content (AvgIpc) is 2.88. The second kappa shape index (κ2) is 2.92. The SMILES string of the molecule is c1cnc2c3c(ccc2c1)C1=C(CCC1)[NH2+]3. The van der Waals surface area contributed by atoms with Gasteiger partial charge in [-0.2, -0.15) is 0 Å². The first-order valence-corrected chi connectivity index (χ1v) is 5.88. The van der Waals surface area contributed by atoms with Gasteiger partial charge in [-0.1, -0.05) is 12.1 Å². The van der Waals surface area contributed by atoms with Gasteiger partial charge in [0.1, 0.15) is 11.2 Å². The highest BCUT2D eigenvalue weighted by Crippen LogP contribution is 2.39. The van der Waals surface area contributed by atoms with Gasteiger partial charge in [0.15, 0.2) is 5.69 Å². The van der Waals surface area contributed by atoms with Crippen LogP contribution >= 0.6 is 0 Å². The molecule has 4 rings (SSSR count). The first kappa shape index (κ1) is 8.48. The van der Waals surface area contributed by atoms with E-state index in [2.05, 4.69) is 28.5 Å². The van der Waals surface area contributed by atoms with Crippen LogP contribution in [0.15, 0.2) is 36.2 Å². The van der Waals surface area contributed by atoms with Gasteiger partial charge >= 0.3 is 0 Å². The van der Waals surface area contributed by atoms with Gasteiger partial charge in [-0.3, -0.25) is 5.32 Å². The molecule has 0 unspecified atom stereocenters. The number of hydrogen-bond acceptors (Lipinski definition) is 1. The molecule has 1 aliphatic heterocycles. The van der Waals surface area contributed by atoms with Crippen LogP contribution in [0.25, 0.3) is 16.5 Å². The van der Waals surface area contributed by atoms with Gasteiger partial charge in [0.05, 0.1) is 0 Å². The molecule has 0 radical (unpaired) electrons. The molecule has 2 heteroatoms. The summed E-state index contributed by atoms with van der Waals surface area (Å²) in [6.07, 6.45) is 5.70. The van der Waals surface area contributed by atoms with Gasteiger partial charge in [-0.15, -0.1) is 0 Å². The number of fused-ring (bicyclic) bond motifs is 4. The molecule has 1 aromatic carbocycles. The molecule has 0 atom stereocenters. The summed E-state index contributed by atoms with van der Waals surface area (Å²) < 4.78 is 0. The van der Waals surface area contributed by atoms with Crippen LogP contribution in [0.5, 0.6) is 0 Å². The molecule has 2 heterocycles. The number of benzene rings is 1. The van der Waals surface area contributed by atoms with Crippen LogP contribution < -0.4 is 5.32 Å². The highest BCUT2D eigenvalue weighted by Gasteiger charge is 2.31. The number of nitrogens with two attached hydrogens (primary N) is 1. The van der Waals surface area contributed by atoms with Crippen LogP contribution in [0.1, 0.15) is 24.8 Å². The van der Waals surface area contributed by atoms with E-state index in [1.165, 1.54) is 35.9 Å². The molecule has 0 saturated carbocycles. The smallest absolute Gasteiger partial charge is 0.168 e. The maximum Gasteiger partial charge on any atom is 0.168 e. The van der Waals surface area contributed by atoms with Crippen molar-refractivity contribution in [3.8, 4) is 0 Å². The summed E-state index contributed by atoms with van der Waals surface area (Å²) in [6.45, 7) is 0. The second-order valence-corrected chi connectivity index (χ2v) is 4.60. The predicted molar refractivity (Wildman–Crippen MR) is 64.1 cm³/mol. The largest absolute Gasteiger partial charge is 0.282 e. The van der Waals surface area contributed by atoms with E-state index in [-0.39, 0.29) is 0 Å². The fourth-order valence-electron chi connectivity index (χ4n) is 2.99. The topological polar surface area (TPSA) is 29.5 Å². The van der Waals surface area contributed by atoms with Crippen molar-refractivity contribution in [3.63, 3.8) is 0 Å². The van der Waals surface area contributed by atoms with E-state index in [1.54, 1.807) is 11.3 Å². The van der Waals surface area contributed by atoms with E-state index in [1.807, 2.05) is 12.3 Å². The molecule has 0 saturated heterocycles. The van der Waals surface area contributed by atoms with Crippen LogP contribution in [-0.2, 0) is 0 Å². The molecule has 1 aliphatic carbocycles. The Balaban J connectivity index is 2.04. The summed E-state index contributed by atoms with van der Waals surface area (Å²) in [5, 5.41) is 3.60. The third-order valence-corrected chi connectivity index (χ3v) is 3.72. The van der Waals surface area contributed by atoms with Gasteiger partial charge in [-0.25, -0.2) is 4.98 Å². The molecule has 2 nitrogen and oxygen atoms in total. The van der Waals surface area contributed by atoms with Crippen LogP contribution in [0.2, 0.25) is 0 Å². The first-order valence-electron chi connectivity index (χ1n) is 5.88. The van der Waals surface area contributed by atoms with Crippen molar-refractivity contribution >= 4 is 22.2 Å². The minimum Gasteiger partial charge on any atom is -0.282 e. The third kappa shape index (κ3) is 0.973. The van der Waals surface area contributed by atoms with Crippen molar-refractivity contribution in [2.45, 2.75) is 19.3 Å². The van der Waals surface area contributed by atoms with Crippen LogP contribution in [0, 0.1) is 0 Å². The minimum atomic E-state index is 1.16. The normalized spacial score (nSPS) is 18.0. The van der Waals surface area contributed by atoms with Crippen LogP contribution in [0.4, 0.5) is 5.69 Å². The lowest BCUT2D eigenvalue weighted by Gasteiger charge is -2.03. The zero-order valence-corrected chi connectivity index (χ0v) is 9.03. The van der Waals surface area contributed by atoms with Crippen molar-refractivity contribution in [1.82, 2.24) is 4.98 Å². The molecule has 16 heavy (non-hydrogen) atoms. The van der Waals surface area contributed by atoms with Crippen LogP contribution in [0.3, 0.4) is 0 Å². The van der Waals surface area contributed by atoms with E-state index in [0.29, 0.717) is 0 Å². The van der Waals surface area contributed by atoms with Crippen molar-refractivity contribution in [2.75, 3.05) is 0 Å². The number of pyridine rings is 1. The van der Waals surface area contributed by atoms with Crippen LogP contribution in [-0.4, -0.2) is 4.98 Å². The Labute approximate surface area is 94.0 Å². The first-order chi connectivity index (χ1) is 7.93. The van der Waals surface area contributed by atoms with Gasteiger partial charge in [-0.05, 0) is 25.0 Å². The standard InChI is InChI=1S/C14H12N2/c1-4-10-11-7-6-9-3-2-8-15-13(9)14(11)16-12(10)5-1/h2-3,6-8,16H,1,4-5H2/p+1. The number of quaternary nitrogens is 1. The summed E-state index contributed by atoms with van der Waals surface area (Å²) >= 11 is 0. The lowest BCUT2D eigenvalue weighted by Crippen LogP contribution is -2.74. The lowest BCUT2D eigenvalue weighted by molar-refractivity contribution is -0.513. The lowest BCUT2D eigenvalue weighted by atomic mass is 10.0. The van der Waals surface area contributed by atoms with E-state index in [4.69, 9.17) is 0 Å². The number of hydrogen-bond donors (Lipinski definition) is 1. The summed E-state index contributed by atoms with van der Waals surface area (Å²) in [4.78, 5) is 4.52. The second-order valence-electron chi connectivity index (χ2n) is 4.60. The van der Waals surface area contributed by atoms with Crippen molar-refractivity contribution < 1.29 is 5.32 Å².